The van der Waals surface area contributed by atoms with Crippen molar-refractivity contribution >= 4 is 28.9 Å². The van der Waals surface area contributed by atoms with Crippen LogP contribution in [0.15, 0.2) is 85.4 Å². The van der Waals surface area contributed by atoms with Gasteiger partial charge < -0.3 is 15.1 Å². The van der Waals surface area contributed by atoms with Crippen LogP contribution in [0.3, 0.4) is 0 Å². The first kappa shape index (κ1) is 20.4. The lowest BCUT2D eigenvalue weighted by atomic mass is 10.1. The summed E-state index contributed by atoms with van der Waals surface area (Å²) in [6.07, 6.45) is 0.190. The van der Waals surface area contributed by atoms with Crippen LogP contribution in [0.2, 0.25) is 0 Å². The SMILES string of the molecule is C=C1c2ccccc2C(=O)N1CCC(=O)Nc1ccccc1N(C)Cc1ccccc1. The normalized spacial score (nSPS) is 12.6. The summed E-state index contributed by atoms with van der Waals surface area (Å²) >= 11 is 0. The highest BCUT2D eigenvalue weighted by Gasteiger charge is 2.30. The van der Waals surface area contributed by atoms with Gasteiger partial charge in [-0.25, -0.2) is 0 Å². The highest BCUT2D eigenvalue weighted by atomic mass is 16.2. The van der Waals surface area contributed by atoms with Crippen LogP contribution in [0, 0.1) is 0 Å². The van der Waals surface area contributed by atoms with E-state index >= 15 is 0 Å². The zero-order chi connectivity index (χ0) is 21.8. The molecule has 0 bridgehead atoms. The first-order chi connectivity index (χ1) is 15.0. The Morgan fingerprint density at radius 3 is 2.32 bits per heavy atom. The Hall–Kier alpha value is -3.86. The summed E-state index contributed by atoms with van der Waals surface area (Å²) in [7, 11) is 2.00. The molecule has 0 fully saturated rings. The number of anilines is 2. The van der Waals surface area contributed by atoms with Crippen molar-refractivity contribution in [2.24, 2.45) is 0 Å². The highest BCUT2D eigenvalue weighted by Crippen LogP contribution is 2.31. The molecule has 1 heterocycles. The quantitative estimate of drug-likeness (QED) is 0.609. The second-order valence-corrected chi connectivity index (χ2v) is 7.61. The van der Waals surface area contributed by atoms with Crippen molar-refractivity contribution in [3.63, 3.8) is 0 Å². The van der Waals surface area contributed by atoms with Crippen LogP contribution in [0.25, 0.3) is 5.70 Å². The van der Waals surface area contributed by atoms with Gasteiger partial charge in [0, 0.05) is 43.4 Å². The fraction of sp³-hybridized carbons (Fsp3) is 0.154. The second-order valence-electron chi connectivity index (χ2n) is 7.61. The predicted molar refractivity (Wildman–Crippen MR) is 125 cm³/mol. The number of fused-ring (bicyclic) bond motifs is 1. The Balaban J connectivity index is 1.40. The summed E-state index contributed by atoms with van der Waals surface area (Å²) in [6.45, 7) is 5.06. The molecule has 3 aromatic rings. The molecule has 4 rings (SSSR count). The van der Waals surface area contributed by atoms with Gasteiger partial charge >= 0.3 is 0 Å². The van der Waals surface area contributed by atoms with Crippen LogP contribution in [-0.4, -0.2) is 30.3 Å². The number of carbonyl (C=O) groups excluding carboxylic acids is 2. The number of nitrogens with one attached hydrogen (secondary N) is 1. The summed E-state index contributed by atoms with van der Waals surface area (Å²) in [5.74, 6) is -0.242. The molecule has 5 nitrogen and oxygen atoms in total. The second kappa shape index (κ2) is 8.88. The molecule has 0 aliphatic carbocycles. The summed E-state index contributed by atoms with van der Waals surface area (Å²) in [6, 6.07) is 25.3. The number of nitrogens with zero attached hydrogens (tertiary/aromatic N) is 2. The van der Waals surface area contributed by atoms with Gasteiger partial charge in [0.1, 0.15) is 0 Å². The number of hydrogen-bond acceptors (Lipinski definition) is 3. The summed E-state index contributed by atoms with van der Waals surface area (Å²) < 4.78 is 0. The Bertz CT molecular complexity index is 1090. The Kier molecular flexibility index (Phi) is 5.85. The first-order valence-corrected chi connectivity index (χ1v) is 10.3. The third-order valence-electron chi connectivity index (χ3n) is 5.45. The average molecular weight is 412 g/mol. The summed E-state index contributed by atoms with van der Waals surface area (Å²) in [5.41, 5.74) is 5.00. The molecule has 2 amide bonds. The molecular weight excluding hydrogens is 386 g/mol. The molecule has 5 heteroatoms. The van der Waals surface area contributed by atoms with E-state index < -0.39 is 0 Å². The van der Waals surface area contributed by atoms with E-state index in [1.165, 1.54) is 5.56 Å². The minimum absolute atomic E-state index is 0.101. The van der Waals surface area contributed by atoms with E-state index in [9.17, 15) is 9.59 Å². The van der Waals surface area contributed by atoms with E-state index in [4.69, 9.17) is 0 Å². The Morgan fingerprint density at radius 2 is 1.58 bits per heavy atom. The van der Waals surface area contributed by atoms with Gasteiger partial charge in [0.05, 0.1) is 11.4 Å². The Morgan fingerprint density at radius 1 is 0.935 bits per heavy atom. The molecule has 156 valence electrons. The van der Waals surface area contributed by atoms with Crippen LogP contribution in [0.4, 0.5) is 11.4 Å². The molecule has 1 aliphatic rings. The maximum absolute atomic E-state index is 12.7. The van der Waals surface area contributed by atoms with Gasteiger partial charge in [0.2, 0.25) is 5.91 Å². The minimum Gasteiger partial charge on any atom is -0.369 e. The molecule has 0 spiro atoms. The third kappa shape index (κ3) is 4.36. The van der Waals surface area contributed by atoms with Crippen LogP contribution in [-0.2, 0) is 11.3 Å². The van der Waals surface area contributed by atoms with Crippen molar-refractivity contribution in [1.29, 1.82) is 0 Å². The van der Waals surface area contributed by atoms with Gasteiger partial charge in [-0.2, -0.15) is 0 Å². The zero-order valence-electron chi connectivity index (χ0n) is 17.5. The maximum atomic E-state index is 12.7. The van der Waals surface area contributed by atoms with Crippen molar-refractivity contribution in [2.45, 2.75) is 13.0 Å². The number of rotatable bonds is 7. The third-order valence-corrected chi connectivity index (χ3v) is 5.45. The lowest BCUT2D eigenvalue weighted by Crippen LogP contribution is -2.27. The van der Waals surface area contributed by atoms with Crippen LogP contribution in [0.5, 0.6) is 0 Å². The van der Waals surface area contributed by atoms with Gasteiger partial charge in [-0.05, 0) is 23.8 Å². The molecule has 1 aliphatic heterocycles. The van der Waals surface area contributed by atoms with E-state index in [0.717, 1.165) is 23.5 Å². The lowest BCUT2D eigenvalue weighted by Gasteiger charge is -2.23. The highest BCUT2D eigenvalue weighted by molar-refractivity contribution is 6.09. The average Bonchev–Trinajstić information content (AvgIpc) is 3.03. The van der Waals surface area contributed by atoms with Crippen molar-refractivity contribution in [2.75, 3.05) is 23.8 Å². The van der Waals surface area contributed by atoms with Crippen molar-refractivity contribution in [3.8, 4) is 0 Å². The van der Waals surface area contributed by atoms with E-state index in [1.54, 1.807) is 11.0 Å². The molecule has 0 unspecified atom stereocenters. The molecular formula is C26H25N3O2. The van der Waals surface area contributed by atoms with Crippen molar-refractivity contribution < 1.29 is 9.59 Å². The minimum atomic E-state index is -0.142. The molecule has 31 heavy (non-hydrogen) atoms. The molecule has 0 aromatic heterocycles. The molecule has 0 radical (unpaired) electrons. The monoisotopic (exact) mass is 411 g/mol. The van der Waals surface area contributed by atoms with E-state index in [0.29, 0.717) is 17.8 Å². The molecule has 1 N–H and O–H groups in total. The van der Waals surface area contributed by atoms with E-state index in [1.807, 2.05) is 67.7 Å². The lowest BCUT2D eigenvalue weighted by molar-refractivity contribution is -0.116. The van der Waals surface area contributed by atoms with Crippen molar-refractivity contribution in [3.05, 3.63) is 102 Å². The van der Waals surface area contributed by atoms with E-state index in [2.05, 4.69) is 28.9 Å². The number of amides is 2. The van der Waals surface area contributed by atoms with Gasteiger partial charge in [0.15, 0.2) is 0 Å². The van der Waals surface area contributed by atoms with E-state index in [-0.39, 0.29) is 18.2 Å². The standard InChI is InChI=1S/C26H25N3O2/c1-19-21-12-6-7-13-22(21)26(31)29(19)17-16-25(30)27-23-14-8-9-15-24(23)28(2)18-20-10-4-3-5-11-20/h3-15H,1,16-18H2,2H3,(H,27,30). The number of benzene rings is 3. The Labute approximate surface area is 182 Å². The van der Waals surface area contributed by atoms with Gasteiger partial charge in [-0.1, -0.05) is 67.2 Å². The first-order valence-electron chi connectivity index (χ1n) is 10.3. The van der Waals surface area contributed by atoms with Crippen LogP contribution >= 0.6 is 0 Å². The maximum Gasteiger partial charge on any atom is 0.258 e. The molecule has 0 saturated carbocycles. The largest absolute Gasteiger partial charge is 0.369 e. The summed E-state index contributed by atoms with van der Waals surface area (Å²) in [5, 5.41) is 3.00. The fourth-order valence-corrected chi connectivity index (χ4v) is 3.85. The topological polar surface area (TPSA) is 52.7 Å². The van der Waals surface area contributed by atoms with Gasteiger partial charge in [-0.15, -0.1) is 0 Å². The molecule has 0 saturated heterocycles. The predicted octanol–water partition coefficient (Wildman–Crippen LogP) is 4.78. The zero-order valence-corrected chi connectivity index (χ0v) is 17.5. The number of hydrogen-bond donors (Lipinski definition) is 1. The van der Waals surface area contributed by atoms with Crippen molar-refractivity contribution in [1.82, 2.24) is 4.90 Å². The number of para-hydroxylation sites is 2. The van der Waals surface area contributed by atoms with Gasteiger partial charge in [-0.3, -0.25) is 9.59 Å². The van der Waals surface area contributed by atoms with Gasteiger partial charge in [0.25, 0.3) is 5.91 Å². The molecule has 3 aromatic carbocycles. The van der Waals surface area contributed by atoms with Crippen LogP contribution in [0.1, 0.15) is 27.9 Å². The molecule has 0 atom stereocenters. The fourth-order valence-electron chi connectivity index (χ4n) is 3.85. The smallest absolute Gasteiger partial charge is 0.258 e. The number of carbonyl (C=O) groups is 2. The van der Waals surface area contributed by atoms with Crippen LogP contribution < -0.4 is 10.2 Å². The summed E-state index contributed by atoms with van der Waals surface area (Å²) in [4.78, 5) is 29.0.